The van der Waals surface area contributed by atoms with Crippen LogP contribution in [0.4, 0.5) is 5.00 Å². The van der Waals surface area contributed by atoms with Gasteiger partial charge in [-0.1, -0.05) is 32.4 Å². The smallest absolute Gasteiger partial charge is 0.180 e. The molecule has 0 N–H and O–H groups in total. The maximum Gasteiger partial charge on any atom is 0.180 e. The summed E-state index contributed by atoms with van der Waals surface area (Å²) in [4.78, 5) is 5.97. The number of halogens is 1. The molecule has 4 nitrogen and oxygen atoms in total. The molecule has 160 valence electrons. The Morgan fingerprint density at radius 2 is 2.07 bits per heavy atom. The van der Waals surface area contributed by atoms with Crippen LogP contribution in [0.5, 0.6) is 11.5 Å². The van der Waals surface area contributed by atoms with Crippen LogP contribution in [0.25, 0.3) is 0 Å². The second-order valence-electron chi connectivity index (χ2n) is 9.06. The van der Waals surface area contributed by atoms with Crippen molar-refractivity contribution in [2.24, 2.45) is 16.3 Å². The van der Waals surface area contributed by atoms with Crippen molar-refractivity contribution in [2.75, 3.05) is 7.11 Å². The van der Waals surface area contributed by atoms with E-state index in [2.05, 4.69) is 31.8 Å². The number of methoxy groups -OCH3 is 1. The Balaban J connectivity index is 1.91. The summed E-state index contributed by atoms with van der Waals surface area (Å²) in [6.45, 7) is 10.8. The summed E-state index contributed by atoms with van der Waals surface area (Å²) in [6.07, 6.45) is 4.83. The zero-order valence-corrected chi connectivity index (χ0v) is 20.1. The molecule has 1 atom stereocenters. The lowest BCUT2D eigenvalue weighted by Crippen LogP contribution is -2.26. The van der Waals surface area contributed by atoms with Crippen LogP contribution in [0.3, 0.4) is 0 Å². The molecular weight excluding hydrogens is 416 g/mol. The predicted molar refractivity (Wildman–Crippen MR) is 125 cm³/mol. The van der Waals surface area contributed by atoms with Crippen LogP contribution in [0, 0.1) is 22.7 Å². The van der Waals surface area contributed by atoms with E-state index in [1.165, 1.54) is 10.4 Å². The second kappa shape index (κ2) is 8.99. The molecule has 1 aromatic heterocycles. The number of hydrogen-bond acceptors (Lipinski definition) is 5. The van der Waals surface area contributed by atoms with E-state index in [1.807, 2.05) is 19.9 Å². The summed E-state index contributed by atoms with van der Waals surface area (Å²) in [5.74, 6) is 1.73. The lowest BCUT2D eigenvalue weighted by atomic mass is 9.72. The molecule has 1 heterocycles. The van der Waals surface area contributed by atoms with Crippen molar-refractivity contribution in [3.8, 4) is 17.6 Å². The first-order chi connectivity index (χ1) is 14.1. The third-order valence-electron chi connectivity index (χ3n) is 5.52. The van der Waals surface area contributed by atoms with Crippen LogP contribution in [-0.2, 0) is 12.8 Å². The molecule has 0 saturated heterocycles. The molecule has 0 radical (unpaired) electrons. The van der Waals surface area contributed by atoms with Gasteiger partial charge in [-0.05, 0) is 67.7 Å². The minimum atomic E-state index is -0.0107. The van der Waals surface area contributed by atoms with Gasteiger partial charge in [0.15, 0.2) is 11.5 Å². The highest BCUT2D eigenvalue weighted by Crippen LogP contribution is 2.45. The van der Waals surface area contributed by atoms with Gasteiger partial charge >= 0.3 is 0 Å². The van der Waals surface area contributed by atoms with E-state index in [-0.39, 0.29) is 11.5 Å². The first-order valence-corrected chi connectivity index (χ1v) is 11.5. The van der Waals surface area contributed by atoms with E-state index < -0.39 is 0 Å². The fourth-order valence-corrected chi connectivity index (χ4v) is 5.30. The Labute approximate surface area is 188 Å². The molecule has 0 bridgehead atoms. The quantitative estimate of drug-likeness (QED) is 0.468. The van der Waals surface area contributed by atoms with E-state index in [0.29, 0.717) is 22.4 Å². The summed E-state index contributed by atoms with van der Waals surface area (Å²) in [6, 6.07) is 6.04. The Morgan fingerprint density at radius 3 is 2.67 bits per heavy atom. The van der Waals surface area contributed by atoms with Gasteiger partial charge < -0.3 is 9.47 Å². The molecule has 1 aliphatic rings. The first kappa shape index (κ1) is 22.7. The van der Waals surface area contributed by atoms with Crippen molar-refractivity contribution >= 4 is 34.2 Å². The average molecular weight is 445 g/mol. The van der Waals surface area contributed by atoms with E-state index in [1.54, 1.807) is 30.7 Å². The molecule has 6 heteroatoms. The van der Waals surface area contributed by atoms with Gasteiger partial charge in [0.1, 0.15) is 11.1 Å². The fraction of sp³-hybridized carbons (Fsp3) is 0.500. The monoisotopic (exact) mass is 444 g/mol. The SMILES string of the molecule is COc1cc(C=Nc2sc3c(c2C#N)CC[C@@H](C(C)(C)C)C3)cc(Cl)c1OC(C)C. The summed E-state index contributed by atoms with van der Waals surface area (Å²) in [5.41, 5.74) is 2.98. The van der Waals surface area contributed by atoms with E-state index in [9.17, 15) is 5.26 Å². The normalized spacial score (nSPS) is 16.6. The number of nitriles is 1. The zero-order valence-electron chi connectivity index (χ0n) is 18.5. The summed E-state index contributed by atoms with van der Waals surface area (Å²) >= 11 is 8.06. The van der Waals surface area contributed by atoms with Crippen LogP contribution in [0.1, 0.15) is 62.6 Å². The van der Waals surface area contributed by atoms with Crippen LogP contribution in [0.2, 0.25) is 5.02 Å². The number of nitrogens with zero attached hydrogens (tertiary/aromatic N) is 2. The summed E-state index contributed by atoms with van der Waals surface area (Å²) < 4.78 is 11.2. The zero-order chi connectivity index (χ0) is 22.1. The van der Waals surface area contributed by atoms with Crippen molar-refractivity contribution in [2.45, 2.75) is 60.0 Å². The number of fused-ring (bicyclic) bond motifs is 1. The number of benzene rings is 1. The van der Waals surface area contributed by atoms with Crippen LogP contribution in [0.15, 0.2) is 17.1 Å². The molecule has 0 unspecified atom stereocenters. The first-order valence-electron chi connectivity index (χ1n) is 10.3. The lowest BCUT2D eigenvalue weighted by Gasteiger charge is -2.33. The van der Waals surface area contributed by atoms with Crippen LogP contribution >= 0.6 is 22.9 Å². The van der Waals surface area contributed by atoms with Gasteiger partial charge in [-0.3, -0.25) is 0 Å². The third kappa shape index (κ3) is 4.82. The van der Waals surface area contributed by atoms with E-state index in [0.717, 1.165) is 35.4 Å². The Hall–Kier alpha value is -2.03. The van der Waals surface area contributed by atoms with Gasteiger partial charge in [0.2, 0.25) is 0 Å². The van der Waals surface area contributed by atoms with Gasteiger partial charge in [-0.25, -0.2) is 4.99 Å². The molecule has 0 amide bonds. The van der Waals surface area contributed by atoms with Gasteiger partial charge in [0, 0.05) is 11.1 Å². The van der Waals surface area contributed by atoms with Gasteiger partial charge in [0.05, 0.1) is 23.8 Å². The highest BCUT2D eigenvalue weighted by molar-refractivity contribution is 7.16. The van der Waals surface area contributed by atoms with Crippen molar-refractivity contribution in [3.63, 3.8) is 0 Å². The Bertz CT molecular complexity index is 996. The number of rotatable bonds is 5. The molecule has 0 saturated carbocycles. The van der Waals surface area contributed by atoms with Gasteiger partial charge in [0.25, 0.3) is 0 Å². The number of thiophene rings is 1. The van der Waals surface area contributed by atoms with E-state index >= 15 is 0 Å². The minimum Gasteiger partial charge on any atom is -0.493 e. The fourth-order valence-electron chi connectivity index (χ4n) is 3.81. The maximum atomic E-state index is 9.76. The molecule has 1 aliphatic carbocycles. The number of ether oxygens (including phenoxy) is 2. The molecule has 0 aliphatic heterocycles. The highest BCUT2D eigenvalue weighted by Gasteiger charge is 2.32. The second-order valence-corrected chi connectivity index (χ2v) is 10.6. The van der Waals surface area contributed by atoms with Crippen LogP contribution in [-0.4, -0.2) is 19.4 Å². The van der Waals surface area contributed by atoms with Gasteiger partial charge in [-0.2, -0.15) is 5.26 Å². The summed E-state index contributed by atoms with van der Waals surface area (Å²) in [5, 5.41) is 11.0. The predicted octanol–water partition coefficient (Wildman–Crippen LogP) is 6.97. The number of hydrogen-bond donors (Lipinski definition) is 0. The summed E-state index contributed by atoms with van der Waals surface area (Å²) in [7, 11) is 1.59. The Kier molecular flexibility index (Phi) is 6.79. The highest BCUT2D eigenvalue weighted by atomic mass is 35.5. The Morgan fingerprint density at radius 1 is 1.33 bits per heavy atom. The van der Waals surface area contributed by atoms with Crippen molar-refractivity contribution in [3.05, 3.63) is 38.7 Å². The van der Waals surface area contributed by atoms with Gasteiger partial charge in [-0.15, -0.1) is 11.3 Å². The lowest BCUT2D eigenvalue weighted by molar-refractivity contribution is 0.218. The van der Waals surface area contributed by atoms with Crippen molar-refractivity contribution < 1.29 is 9.47 Å². The standard InChI is InChI=1S/C24H29ClN2O2S/c1-14(2)29-22-19(25)9-15(10-20(22)28-6)13-27-23-18(12-26)17-8-7-16(24(3,4)5)11-21(17)30-23/h9-10,13-14,16H,7-8,11H2,1-6H3/t16-/m1/s1. The molecule has 30 heavy (non-hydrogen) atoms. The molecular formula is C24H29ClN2O2S. The third-order valence-corrected chi connectivity index (χ3v) is 6.96. The maximum absolute atomic E-state index is 9.76. The average Bonchev–Trinajstić information content (AvgIpc) is 3.03. The molecule has 2 aromatic rings. The molecule has 0 spiro atoms. The molecule has 1 aromatic carbocycles. The van der Waals surface area contributed by atoms with Crippen LogP contribution < -0.4 is 9.47 Å². The van der Waals surface area contributed by atoms with Crippen molar-refractivity contribution in [1.29, 1.82) is 5.26 Å². The number of aliphatic imine (C=N–C) groups is 1. The topological polar surface area (TPSA) is 54.6 Å². The molecule has 0 fully saturated rings. The van der Waals surface area contributed by atoms with Crippen molar-refractivity contribution in [1.82, 2.24) is 0 Å². The van der Waals surface area contributed by atoms with E-state index in [4.69, 9.17) is 21.1 Å². The molecule has 3 rings (SSSR count). The minimum absolute atomic E-state index is 0.0107. The largest absolute Gasteiger partial charge is 0.493 e.